The Labute approximate surface area is 81.0 Å². The van der Waals surface area contributed by atoms with Crippen LogP contribution in [0.15, 0.2) is 12.1 Å². The van der Waals surface area contributed by atoms with Gasteiger partial charge in [0.05, 0.1) is 31.6 Å². The minimum absolute atomic E-state index is 0.604. The number of ether oxygens (including phenoxy) is 3. The van der Waals surface area contributed by atoms with E-state index in [0.717, 1.165) is 5.19 Å². The average Bonchev–Trinajstić information content (AvgIpc) is 2.16. The van der Waals surface area contributed by atoms with Gasteiger partial charge in [-0.3, -0.25) is 0 Å². The van der Waals surface area contributed by atoms with Gasteiger partial charge in [0, 0.05) is 0 Å². The Bertz CT molecular complexity index is 274. The van der Waals surface area contributed by atoms with E-state index in [2.05, 4.69) is 10.2 Å². The number of benzene rings is 1. The Balaban J connectivity index is 3.25. The third-order valence-corrected chi connectivity index (χ3v) is 1.95. The molecule has 0 heterocycles. The minimum atomic E-state index is 0.604. The van der Waals surface area contributed by atoms with E-state index in [9.17, 15) is 0 Å². The van der Waals surface area contributed by atoms with Crippen LogP contribution in [0, 0.1) is 0 Å². The molecule has 0 unspecified atom stereocenters. The molecule has 0 amide bonds. The van der Waals surface area contributed by atoms with Gasteiger partial charge < -0.3 is 14.2 Å². The first-order valence-corrected chi connectivity index (χ1v) is 4.24. The molecule has 0 N–H and O–H groups in total. The van der Waals surface area contributed by atoms with Gasteiger partial charge in [0.1, 0.15) is 0 Å². The Morgan fingerprint density at radius 2 is 1.38 bits per heavy atom. The summed E-state index contributed by atoms with van der Waals surface area (Å²) in [6, 6.07) is 3.64. The second kappa shape index (κ2) is 4.18. The maximum Gasteiger partial charge on any atom is 0.203 e. The highest BCUT2D eigenvalue weighted by atomic mass is 28.1. The lowest BCUT2D eigenvalue weighted by Crippen LogP contribution is -2.05. The second-order valence-corrected chi connectivity index (χ2v) is 2.99. The summed E-state index contributed by atoms with van der Waals surface area (Å²) in [6.45, 7) is 0. The molecule has 4 heteroatoms. The van der Waals surface area contributed by atoms with E-state index in [1.54, 1.807) is 21.3 Å². The standard InChI is InChI=1S/C9H11O3Si/c1-10-7-4-6(13)5-8(11-2)9(7)12-3/h4-5H,1-3H3. The van der Waals surface area contributed by atoms with E-state index in [4.69, 9.17) is 14.2 Å². The summed E-state index contributed by atoms with van der Waals surface area (Å²) in [5, 5.41) is 0.884. The van der Waals surface area contributed by atoms with Crippen molar-refractivity contribution in [3.8, 4) is 17.2 Å². The zero-order chi connectivity index (χ0) is 9.84. The largest absolute Gasteiger partial charge is 0.493 e. The lowest BCUT2D eigenvalue weighted by atomic mass is 10.3. The molecule has 0 bridgehead atoms. The monoisotopic (exact) mass is 195 g/mol. The molecular formula is C9H11O3Si. The lowest BCUT2D eigenvalue weighted by molar-refractivity contribution is 0.325. The molecule has 0 aromatic heterocycles. The molecule has 0 saturated heterocycles. The number of hydrogen-bond acceptors (Lipinski definition) is 3. The summed E-state index contributed by atoms with van der Waals surface area (Å²) < 4.78 is 15.4. The highest BCUT2D eigenvalue weighted by molar-refractivity contribution is 6.32. The molecule has 1 aromatic rings. The molecule has 1 rings (SSSR count). The van der Waals surface area contributed by atoms with Gasteiger partial charge in [0.15, 0.2) is 11.5 Å². The summed E-state index contributed by atoms with van der Waals surface area (Å²) in [5.41, 5.74) is 0. The highest BCUT2D eigenvalue weighted by Gasteiger charge is 2.10. The first-order valence-electron chi connectivity index (χ1n) is 3.74. The van der Waals surface area contributed by atoms with Crippen LogP contribution in [0.25, 0.3) is 0 Å². The zero-order valence-electron chi connectivity index (χ0n) is 7.88. The smallest absolute Gasteiger partial charge is 0.203 e. The van der Waals surface area contributed by atoms with E-state index in [0.29, 0.717) is 17.2 Å². The van der Waals surface area contributed by atoms with Crippen LogP contribution in [-0.4, -0.2) is 31.6 Å². The summed E-state index contributed by atoms with van der Waals surface area (Å²) in [4.78, 5) is 0. The summed E-state index contributed by atoms with van der Waals surface area (Å²) in [5.74, 6) is 1.89. The fraction of sp³-hybridized carbons (Fsp3) is 0.333. The molecule has 0 saturated carbocycles. The fourth-order valence-electron chi connectivity index (χ4n) is 1.08. The number of hydrogen-bond donors (Lipinski definition) is 0. The SMILES string of the molecule is COc1cc([Si])cc(OC)c1OC. The van der Waals surface area contributed by atoms with Crippen LogP contribution in [0.1, 0.15) is 0 Å². The van der Waals surface area contributed by atoms with Crippen LogP contribution in [-0.2, 0) is 0 Å². The average molecular weight is 195 g/mol. The molecule has 69 valence electrons. The van der Waals surface area contributed by atoms with Gasteiger partial charge in [-0.1, -0.05) is 5.19 Å². The van der Waals surface area contributed by atoms with Gasteiger partial charge in [-0.05, 0) is 12.1 Å². The highest BCUT2D eigenvalue weighted by Crippen LogP contribution is 2.35. The first kappa shape index (κ1) is 9.92. The molecule has 0 aliphatic carbocycles. The Kier molecular flexibility index (Phi) is 3.19. The molecule has 13 heavy (non-hydrogen) atoms. The molecule has 3 nitrogen and oxygen atoms in total. The van der Waals surface area contributed by atoms with E-state index >= 15 is 0 Å². The van der Waals surface area contributed by atoms with Gasteiger partial charge in [0.25, 0.3) is 0 Å². The van der Waals surface area contributed by atoms with Crippen LogP contribution in [0.2, 0.25) is 0 Å². The van der Waals surface area contributed by atoms with Crippen LogP contribution in [0.4, 0.5) is 0 Å². The van der Waals surface area contributed by atoms with E-state index in [-0.39, 0.29) is 0 Å². The predicted molar refractivity (Wildman–Crippen MR) is 51.5 cm³/mol. The van der Waals surface area contributed by atoms with Gasteiger partial charge in [-0.2, -0.15) is 0 Å². The van der Waals surface area contributed by atoms with E-state index < -0.39 is 0 Å². The van der Waals surface area contributed by atoms with Gasteiger partial charge >= 0.3 is 0 Å². The fourth-order valence-corrected chi connectivity index (χ4v) is 1.34. The third-order valence-electron chi connectivity index (χ3n) is 1.66. The summed E-state index contributed by atoms with van der Waals surface area (Å²) in [6.07, 6.45) is 0. The molecular weight excluding hydrogens is 184 g/mol. The van der Waals surface area contributed by atoms with Gasteiger partial charge in [-0.15, -0.1) is 0 Å². The minimum Gasteiger partial charge on any atom is -0.493 e. The van der Waals surface area contributed by atoms with Crippen molar-refractivity contribution in [1.82, 2.24) is 0 Å². The van der Waals surface area contributed by atoms with Crippen molar-refractivity contribution in [2.45, 2.75) is 0 Å². The van der Waals surface area contributed by atoms with Crippen molar-refractivity contribution in [1.29, 1.82) is 0 Å². The lowest BCUT2D eigenvalue weighted by Gasteiger charge is -2.12. The van der Waals surface area contributed by atoms with Crippen molar-refractivity contribution in [3.63, 3.8) is 0 Å². The topological polar surface area (TPSA) is 27.7 Å². The van der Waals surface area contributed by atoms with Crippen molar-refractivity contribution in [3.05, 3.63) is 12.1 Å². The molecule has 0 spiro atoms. The maximum atomic E-state index is 5.14. The number of methoxy groups -OCH3 is 3. The van der Waals surface area contributed by atoms with Crippen LogP contribution < -0.4 is 19.4 Å². The van der Waals surface area contributed by atoms with Crippen LogP contribution in [0.5, 0.6) is 17.2 Å². The molecule has 0 atom stereocenters. The van der Waals surface area contributed by atoms with Crippen molar-refractivity contribution in [2.24, 2.45) is 0 Å². The first-order chi connectivity index (χ1) is 6.22. The molecule has 0 aliphatic rings. The van der Waals surface area contributed by atoms with Gasteiger partial charge in [-0.25, -0.2) is 0 Å². The predicted octanol–water partition coefficient (Wildman–Crippen LogP) is 0.506. The van der Waals surface area contributed by atoms with Crippen molar-refractivity contribution >= 4 is 15.4 Å². The summed E-state index contributed by atoms with van der Waals surface area (Å²) >= 11 is 0. The number of rotatable bonds is 3. The maximum absolute atomic E-state index is 5.14. The summed E-state index contributed by atoms with van der Waals surface area (Å²) in [7, 11) is 8.14. The Morgan fingerprint density at radius 1 is 0.923 bits per heavy atom. The molecule has 0 aliphatic heterocycles. The van der Waals surface area contributed by atoms with Crippen molar-refractivity contribution < 1.29 is 14.2 Å². The second-order valence-electron chi connectivity index (χ2n) is 2.41. The normalized spacial score (nSPS) is 9.54. The third kappa shape index (κ3) is 1.95. The molecule has 0 fully saturated rings. The van der Waals surface area contributed by atoms with E-state index in [1.165, 1.54) is 0 Å². The van der Waals surface area contributed by atoms with Crippen molar-refractivity contribution in [2.75, 3.05) is 21.3 Å². The quantitative estimate of drug-likeness (QED) is 0.658. The van der Waals surface area contributed by atoms with Crippen LogP contribution in [0.3, 0.4) is 0 Å². The molecule has 3 radical (unpaired) electrons. The van der Waals surface area contributed by atoms with E-state index in [1.807, 2.05) is 12.1 Å². The molecule has 1 aromatic carbocycles. The van der Waals surface area contributed by atoms with Gasteiger partial charge in [0.2, 0.25) is 5.75 Å². The Hall–Kier alpha value is -1.16. The van der Waals surface area contributed by atoms with Crippen LogP contribution >= 0.6 is 0 Å². The zero-order valence-corrected chi connectivity index (χ0v) is 8.88. The Morgan fingerprint density at radius 3 is 1.69 bits per heavy atom.